The summed E-state index contributed by atoms with van der Waals surface area (Å²) >= 11 is 0. The predicted molar refractivity (Wildman–Crippen MR) is 235 cm³/mol. The van der Waals surface area contributed by atoms with E-state index in [0.717, 1.165) is 118 Å². The van der Waals surface area contributed by atoms with Crippen LogP contribution in [0.15, 0.2) is 91.1 Å². The molecule has 5 aromatic rings. The predicted octanol–water partition coefficient (Wildman–Crippen LogP) is 5.60. The Morgan fingerprint density at radius 2 is 1.27 bits per heavy atom. The molecule has 1 aromatic heterocycles. The number of ether oxygens (including phenoxy) is 1. The Morgan fingerprint density at radius 3 is 1.88 bits per heavy atom. The van der Waals surface area contributed by atoms with Crippen molar-refractivity contribution in [2.24, 2.45) is 5.73 Å². The minimum absolute atomic E-state index is 0.0838. The minimum Gasteiger partial charge on any atom is -0.406 e. The molecule has 3 saturated heterocycles. The summed E-state index contributed by atoms with van der Waals surface area (Å²) in [5, 5.41) is 3.30. The van der Waals surface area contributed by atoms with Crippen LogP contribution in [0.5, 0.6) is 5.75 Å². The maximum Gasteiger partial charge on any atom is 0.573 e. The first kappa shape index (κ1) is 43.2. The normalized spacial score (nSPS) is 19.2. The standard InChI is InChI=1S/C48H51F3N8O5/c49-48(50,51)64-37-10-7-35(8-11-37)41-31-58(17-1-16-52)42-13-6-34(26-39(41)42)30-55-20-18-54(19-21-55)28-32-2-4-33(5-3-32)29-56-22-24-57(25-23-56)36-9-12-38-40(27-36)47(63)59(46(38)62)43-14-15-44(60)53-45(43)61/h2-13,26-27,31,43H,1,14-25,28-30,52H2,(H,53,60,61). The van der Waals surface area contributed by atoms with Gasteiger partial charge in [0.1, 0.15) is 11.8 Å². The minimum atomic E-state index is -4.74. The number of hydrogen-bond donors (Lipinski definition) is 2. The third-order valence-electron chi connectivity index (χ3n) is 12.8. The van der Waals surface area contributed by atoms with Gasteiger partial charge in [0.2, 0.25) is 11.8 Å². The number of halogens is 3. The van der Waals surface area contributed by atoms with Gasteiger partial charge in [-0.25, -0.2) is 0 Å². The van der Waals surface area contributed by atoms with E-state index in [9.17, 15) is 32.3 Å². The number of alkyl halides is 3. The first-order valence-electron chi connectivity index (χ1n) is 21.9. The molecule has 3 N–H and O–H groups in total. The fourth-order valence-corrected chi connectivity index (χ4v) is 9.41. The Labute approximate surface area is 369 Å². The summed E-state index contributed by atoms with van der Waals surface area (Å²) in [6.45, 7) is 10.8. The molecular weight excluding hydrogens is 826 g/mol. The molecule has 1 atom stereocenters. The van der Waals surface area contributed by atoms with E-state index < -0.39 is 36.0 Å². The van der Waals surface area contributed by atoms with Gasteiger partial charge in [0.05, 0.1) is 11.1 Å². The number of fused-ring (bicyclic) bond motifs is 2. The number of imide groups is 2. The SMILES string of the molecule is NCCCn1cc(-c2ccc(OC(F)(F)F)cc2)c2cc(CN3CCN(Cc4ccc(CN5CCN(c6ccc7c(c6)C(=O)N(C6CCC(=O)NC6=O)C7=O)CC5)cc4)CC3)ccc21. The van der Waals surface area contributed by atoms with Crippen LogP contribution in [0.3, 0.4) is 0 Å². The first-order valence-corrected chi connectivity index (χ1v) is 21.9. The summed E-state index contributed by atoms with van der Waals surface area (Å²) in [6.07, 6.45) is -1.66. The van der Waals surface area contributed by atoms with Crippen molar-refractivity contribution in [3.63, 3.8) is 0 Å². The van der Waals surface area contributed by atoms with Crippen LogP contribution >= 0.6 is 0 Å². The topological polar surface area (TPSA) is 137 Å². The number of anilines is 1. The summed E-state index contributed by atoms with van der Waals surface area (Å²) in [5.41, 5.74) is 13.8. The van der Waals surface area contributed by atoms with E-state index in [2.05, 4.69) is 82.9 Å². The Balaban J connectivity index is 0.748. The summed E-state index contributed by atoms with van der Waals surface area (Å²) in [5.74, 6) is -2.25. The van der Waals surface area contributed by atoms with E-state index in [1.54, 1.807) is 24.3 Å². The van der Waals surface area contributed by atoms with Crippen molar-refractivity contribution in [1.29, 1.82) is 0 Å². The van der Waals surface area contributed by atoms with Gasteiger partial charge >= 0.3 is 6.36 Å². The molecule has 3 fully saturated rings. The molecule has 4 aromatic carbocycles. The molecule has 13 nitrogen and oxygen atoms in total. The number of aryl methyl sites for hydroxylation is 1. The Hall–Kier alpha value is -6.07. The van der Waals surface area contributed by atoms with Crippen LogP contribution in [0.1, 0.15) is 56.7 Å². The zero-order chi connectivity index (χ0) is 44.5. The Kier molecular flexibility index (Phi) is 12.3. The lowest BCUT2D eigenvalue weighted by Gasteiger charge is -2.36. The monoisotopic (exact) mass is 876 g/mol. The number of carbonyl (C=O) groups is 4. The van der Waals surface area contributed by atoms with Crippen molar-refractivity contribution >= 4 is 40.2 Å². The number of nitrogens with two attached hydrogens (primary N) is 1. The molecule has 16 heteroatoms. The number of aromatic nitrogens is 1. The van der Waals surface area contributed by atoms with Crippen molar-refractivity contribution in [3.05, 3.63) is 119 Å². The fourth-order valence-electron chi connectivity index (χ4n) is 9.41. The maximum absolute atomic E-state index is 13.3. The van der Waals surface area contributed by atoms with Gasteiger partial charge in [0.25, 0.3) is 11.8 Å². The van der Waals surface area contributed by atoms with Crippen LogP contribution in [0.4, 0.5) is 18.9 Å². The third kappa shape index (κ3) is 9.41. The summed E-state index contributed by atoms with van der Waals surface area (Å²) in [6, 6.07) is 25.8. The van der Waals surface area contributed by atoms with Crippen molar-refractivity contribution in [1.82, 2.24) is 29.5 Å². The highest BCUT2D eigenvalue weighted by atomic mass is 19.4. The molecule has 5 heterocycles. The van der Waals surface area contributed by atoms with Gasteiger partial charge < -0.3 is 19.9 Å². The highest BCUT2D eigenvalue weighted by Gasteiger charge is 2.45. The highest BCUT2D eigenvalue weighted by Crippen LogP contribution is 2.35. The maximum atomic E-state index is 13.3. The molecule has 9 rings (SSSR count). The van der Waals surface area contributed by atoms with E-state index in [1.807, 2.05) is 6.07 Å². The second-order valence-corrected chi connectivity index (χ2v) is 17.1. The summed E-state index contributed by atoms with van der Waals surface area (Å²) < 4.78 is 44.6. The number of nitrogens with one attached hydrogen (secondary N) is 1. The smallest absolute Gasteiger partial charge is 0.406 e. The van der Waals surface area contributed by atoms with Gasteiger partial charge in [0, 0.05) is 113 Å². The number of hydrogen-bond acceptors (Lipinski definition) is 10. The van der Waals surface area contributed by atoms with E-state index in [0.29, 0.717) is 12.1 Å². The second-order valence-electron chi connectivity index (χ2n) is 17.1. The molecule has 0 spiro atoms. The average Bonchev–Trinajstić information content (AvgIpc) is 3.76. The van der Waals surface area contributed by atoms with Gasteiger partial charge in [-0.2, -0.15) is 0 Å². The number of carbonyl (C=O) groups excluding carboxylic acids is 4. The van der Waals surface area contributed by atoms with Crippen LogP contribution in [-0.4, -0.2) is 119 Å². The van der Waals surface area contributed by atoms with Gasteiger partial charge in [-0.3, -0.25) is 44.1 Å². The van der Waals surface area contributed by atoms with Crippen LogP contribution in [0.2, 0.25) is 0 Å². The van der Waals surface area contributed by atoms with E-state index >= 15 is 0 Å². The zero-order valence-corrected chi connectivity index (χ0v) is 35.5. The van der Waals surface area contributed by atoms with E-state index in [-0.39, 0.29) is 24.2 Å². The van der Waals surface area contributed by atoms with Crippen LogP contribution in [0.25, 0.3) is 22.0 Å². The lowest BCUT2D eigenvalue weighted by Crippen LogP contribution is -2.54. The molecule has 4 aliphatic rings. The lowest BCUT2D eigenvalue weighted by molar-refractivity contribution is -0.274. The Bertz CT molecular complexity index is 2550. The van der Waals surface area contributed by atoms with Crippen LogP contribution < -0.4 is 20.7 Å². The summed E-state index contributed by atoms with van der Waals surface area (Å²) in [7, 11) is 0. The van der Waals surface area contributed by atoms with E-state index in [1.165, 1.54) is 28.8 Å². The third-order valence-corrected chi connectivity index (χ3v) is 12.8. The van der Waals surface area contributed by atoms with Gasteiger partial charge in [0.15, 0.2) is 0 Å². The molecule has 64 heavy (non-hydrogen) atoms. The Morgan fingerprint density at radius 1 is 0.672 bits per heavy atom. The number of rotatable bonds is 13. The molecule has 4 aliphatic heterocycles. The second kappa shape index (κ2) is 18.2. The average molecular weight is 877 g/mol. The largest absolute Gasteiger partial charge is 0.573 e. The van der Waals surface area contributed by atoms with Crippen molar-refractivity contribution in [2.45, 2.75) is 57.8 Å². The van der Waals surface area contributed by atoms with Gasteiger partial charge in [-0.1, -0.05) is 42.5 Å². The number of nitrogens with zero attached hydrogens (tertiary/aromatic N) is 6. The highest BCUT2D eigenvalue weighted by molar-refractivity contribution is 6.23. The lowest BCUT2D eigenvalue weighted by atomic mass is 10.0. The first-order chi connectivity index (χ1) is 30.9. The molecule has 0 radical (unpaired) electrons. The van der Waals surface area contributed by atoms with Crippen LogP contribution in [0, 0.1) is 0 Å². The molecule has 0 saturated carbocycles. The number of amides is 4. The number of piperidine rings is 1. The molecule has 4 amide bonds. The zero-order valence-electron chi connectivity index (χ0n) is 35.5. The quantitative estimate of drug-likeness (QED) is 0.144. The van der Waals surface area contributed by atoms with Crippen molar-refractivity contribution in [3.8, 4) is 16.9 Å². The fraction of sp³-hybridized carbons (Fsp3) is 0.375. The molecule has 0 bridgehead atoms. The summed E-state index contributed by atoms with van der Waals surface area (Å²) in [4.78, 5) is 61.2. The molecule has 0 aliphatic carbocycles. The van der Waals surface area contributed by atoms with Gasteiger partial charge in [-0.15, -0.1) is 13.2 Å². The molecular formula is C48H51F3N8O5. The van der Waals surface area contributed by atoms with Gasteiger partial charge in [-0.05, 0) is 84.1 Å². The molecule has 1 unspecified atom stereocenters. The van der Waals surface area contributed by atoms with E-state index in [4.69, 9.17) is 5.73 Å². The van der Waals surface area contributed by atoms with Crippen molar-refractivity contribution < 1.29 is 37.1 Å². The number of benzene rings is 4. The number of piperazine rings is 2. The van der Waals surface area contributed by atoms with Crippen molar-refractivity contribution in [2.75, 3.05) is 63.8 Å². The van der Waals surface area contributed by atoms with Crippen LogP contribution in [-0.2, 0) is 35.8 Å². The molecule has 334 valence electrons.